The topological polar surface area (TPSA) is 59.9 Å². The van der Waals surface area contributed by atoms with Crippen LogP contribution in [0.25, 0.3) is 0 Å². The monoisotopic (exact) mass is 360 g/mol. The third-order valence-corrected chi connectivity index (χ3v) is 3.79. The first-order valence-corrected chi connectivity index (χ1v) is 8.42. The van der Waals surface area contributed by atoms with E-state index in [4.69, 9.17) is 21.1 Å². The van der Waals surface area contributed by atoms with Crippen molar-refractivity contribution in [3.63, 3.8) is 0 Å². The summed E-state index contributed by atoms with van der Waals surface area (Å²) in [5.41, 5.74) is 4.64. The first kappa shape index (κ1) is 18.8. The highest BCUT2D eigenvalue weighted by molar-refractivity contribution is 6.31. The zero-order valence-corrected chi connectivity index (χ0v) is 15.3. The number of rotatable bonds is 7. The van der Waals surface area contributed by atoms with Crippen molar-refractivity contribution in [2.75, 3.05) is 13.2 Å². The second-order valence-corrected chi connectivity index (χ2v) is 5.64. The smallest absolute Gasteiger partial charge is 0.271 e. The highest BCUT2D eigenvalue weighted by Crippen LogP contribution is 2.28. The molecule has 0 bridgehead atoms. The van der Waals surface area contributed by atoms with Gasteiger partial charge in [-0.3, -0.25) is 4.79 Å². The fraction of sp³-hybridized carbons (Fsp3) is 0.263. The fourth-order valence-corrected chi connectivity index (χ4v) is 2.29. The molecule has 0 fully saturated rings. The maximum atomic E-state index is 12.1. The van der Waals surface area contributed by atoms with Gasteiger partial charge in [0.2, 0.25) is 0 Å². The number of carbonyl (C=O) groups is 1. The van der Waals surface area contributed by atoms with Gasteiger partial charge >= 0.3 is 0 Å². The van der Waals surface area contributed by atoms with E-state index in [-0.39, 0.29) is 5.91 Å². The minimum atomic E-state index is -0.325. The van der Waals surface area contributed by atoms with Crippen LogP contribution in [0.1, 0.15) is 35.3 Å². The highest BCUT2D eigenvalue weighted by atomic mass is 35.5. The van der Waals surface area contributed by atoms with E-state index in [1.165, 1.54) is 0 Å². The molecule has 0 atom stereocenters. The third kappa shape index (κ3) is 5.22. The number of nitrogens with one attached hydrogen (secondary N) is 1. The molecule has 2 rings (SSSR count). The molecule has 2 aromatic rings. The number of benzene rings is 2. The van der Waals surface area contributed by atoms with Crippen LogP contribution in [0.3, 0.4) is 0 Å². The Hall–Kier alpha value is -2.53. The number of amides is 1. The van der Waals surface area contributed by atoms with Gasteiger partial charge in [0.15, 0.2) is 11.5 Å². The summed E-state index contributed by atoms with van der Waals surface area (Å²) in [4.78, 5) is 12.1. The van der Waals surface area contributed by atoms with Gasteiger partial charge in [-0.1, -0.05) is 17.7 Å². The van der Waals surface area contributed by atoms with Crippen LogP contribution in [-0.4, -0.2) is 25.3 Å². The molecule has 0 radical (unpaired) electrons. The van der Waals surface area contributed by atoms with Crippen LogP contribution >= 0.6 is 11.6 Å². The first-order chi connectivity index (χ1) is 12.0. The van der Waals surface area contributed by atoms with Crippen LogP contribution in [0.4, 0.5) is 0 Å². The van der Waals surface area contributed by atoms with Crippen molar-refractivity contribution in [1.29, 1.82) is 0 Å². The molecule has 1 N–H and O–H groups in total. The molecule has 2 aromatic carbocycles. The third-order valence-electron chi connectivity index (χ3n) is 3.38. The molecule has 0 aliphatic carbocycles. The van der Waals surface area contributed by atoms with Crippen molar-refractivity contribution >= 4 is 23.7 Å². The Balaban J connectivity index is 2.06. The number of hydrogen-bond donors (Lipinski definition) is 1. The molecule has 6 heteroatoms. The molecule has 0 aromatic heterocycles. The van der Waals surface area contributed by atoms with Crippen molar-refractivity contribution < 1.29 is 14.3 Å². The van der Waals surface area contributed by atoms with Crippen LogP contribution in [0.15, 0.2) is 41.5 Å². The predicted octanol–water partition coefficient (Wildman–Crippen LogP) is 4.21. The molecule has 25 heavy (non-hydrogen) atoms. The number of nitrogens with zero attached hydrogens (tertiary/aromatic N) is 1. The lowest BCUT2D eigenvalue weighted by molar-refractivity contribution is 0.0955. The Morgan fingerprint density at radius 1 is 1.12 bits per heavy atom. The van der Waals surface area contributed by atoms with E-state index in [2.05, 4.69) is 10.5 Å². The number of hydrogen-bond acceptors (Lipinski definition) is 4. The molecule has 0 unspecified atom stereocenters. The first-order valence-electron chi connectivity index (χ1n) is 8.04. The van der Waals surface area contributed by atoms with Crippen molar-refractivity contribution in [1.82, 2.24) is 5.43 Å². The molecular weight excluding hydrogens is 340 g/mol. The molecule has 132 valence electrons. The molecule has 5 nitrogen and oxygen atoms in total. The van der Waals surface area contributed by atoms with Crippen LogP contribution in [0, 0.1) is 6.92 Å². The van der Waals surface area contributed by atoms with E-state index >= 15 is 0 Å². The van der Waals surface area contributed by atoms with E-state index < -0.39 is 0 Å². The van der Waals surface area contributed by atoms with Gasteiger partial charge in [0.25, 0.3) is 5.91 Å². The van der Waals surface area contributed by atoms with Crippen molar-refractivity contribution in [3.8, 4) is 11.5 Å². The molecule has 0 heterocycles. The van der Waals surface area contributed by atoms with Gasteiger partial charge in [-0.15, -0.1) is 0 Å². The maximum Gasteiger partial charge on any atom is 0.271 e. The minimum absolute atomic E-state index is 0.325. The average Bonchev–Trinajstić information content (AvgIpc) is 2.60. The molecule has 0 saturated carbocycles. The fourth-order valence-electron chi connectivity index (χ4n) is 2.11. The summed E-state index contributed by atoms with van der Waals surface area (Å²) < 4.78 is 11.1. The Labute approximate surface area is 152 Å². The number of carbonyl (C=O) groups excluding carboxylic acids is 1. The zero-order chi connectivity index (χ0) is 18.2. The number of aryl methyl sites for hydroxylation is 1. The van der Waals surface area contributed by atoms with Crippen molar-refractivity contribution in [3.05, 3.63) is 58.1 Å². The Morgan fingerprint density at radius 3 is 2.52 bits per heavy atom. The van der Waals surface area contributed by atoms with Gasteiger partial charge in [-0.25, -0.2) is 5.43 Å². The number of hydrazone groups is 1. The van der Waals surface area contributed by atoms with Crippen LogP contribution in [0.5, 0.6) is 11.5 Å². The molecule has 0 saturated heterocycles. The second-order valence-electron chi connectivity index (χ2n) is 5.24. The van der Waals surface area contributed by atoms with Gasteiger partial charge in [0, 0.05) is 10.6 Å². The molecular formula is C19H21ClN2O3. The number of halogens is 1. The van der Waals surface area contributed by atoms with Gasteiger partial charge in [0.05, 0.1) is 19.4 Å². The Kier molecular flexibility index (Phi) is 6.83. The number of ether oxygens (including phenoxy) is 2. The van der Waals surface area contributed by atoms with Crippen LogP contribution < -0.4 is 14.9 Å². The van der Waals surface area contributed by atoms with E-state index in [0.717, 1.165) is 11.1 Å². The SMILES string of the molecule is CCOc1ccc(/C=N\NC(=O)c2ccc(C)c(Cl)c2)cc1OCC. The molecule has 0 aliphatic heterocycles. The summed E-state index contributed by atoms with van der Waals surface area (Å²) >= 11 is 6.03. The molecule has 0 spiro atoms. The summed E-state index contributed by atoms with van der Waals surface area (Å²) in [5, 5.41) is 4.53. The van der Waals surface area contributed by atoms with E-state index in [1.54, 1.807) is 24.4 Å². The minimum Gasteiger partial charge on any atom is -0.490 e. The van der Waals surface area contributed by atoms with E-state index in [0.29, 0.717) is 35.3 Å². The lowest BCUT2D eigenvalue weighted by Gasteiger charge is -2.11. The van der Waals surface area contributed by atoms with Crippen molar-refractivity contribution in [2.24, 2.45) is 5.10 Å². The quantitative estimate of drug-likeness (QED) is 0.594. The van der Waals surface area contributed by atoms with Gasteiger partial charge in [-0.05, 0) is 62.2 Å². The molecule has 0 aliphatic rings. The van der Waals surface area contributed by atoms with Crippen LogP contribution in [-0.2, 0) is 0 Å². The van der Waals surface area contributed by atoms with Crippen LogP contribution in [0.2, 0.25) is 5.02 Å². The lowest BCUT2D eigenvalue weighted by Crippen LogP contribution is -2.17. The summed E-state index contributed by atoms with van der Waals surface area (Å²) in [6.07, 6.45) is 1.55. The van der Waals surface area contributed by atoms with Gasteiger partial charge in [-0.2, -0.15) is 5.10 Å². The largest absolute Gasteiger partial charge is 0.490 e. The molecule has 1 amide bonds. The maximum absolute atomic E-state index is 12.1. The second kappa shape index (κ2) is 9.08. The Morgan fingerprint density at radius 2 is 1.84 bits per heavy atom. The standard InChI is InChI=1S/C19H21ClN2O3/c1-4-24-17-9-7-14(10-18(17)25-5-2)12-21-22-19(23)15-8-6-13(3)16(20)11-15/h6-12H,4-5H2,1-3H3,(H,22,23)/b21-12-. The summed E-state index contributed by atoms with van der Waals surface area (Å²) in [6.45, 7) is 6.79. The summed E-state index contributed by atoms with van der Waals surface area (Å²) in [7, 11) is 0. The Bertz CT molecular complexity index is 775. The predicted molar refractivity (Wildman–Crippen MR) is 100 cm³/mol. The van der Waals surface area contributed by atoms with E-state index in [1.807, 2.05) is 39.0 Å². The zero-order valence-electron chi connectivity index (χ0n) is 14.5. The summed E-state index contributed by atoms with van der Waals surface area (Å²) in [6, 6.07) is 10.6. The normalized spacial score (nSPS) is 10.7. The highest BCUT2D eigenvalue weighted by Gasteiger charge is 2.07. The average molecular weight is 361 g/mol. The van der Waals surface area contributed by atoms with Gasteiger partial charge < -0.3 is 9.47 Å². The van der Waals surface area contributed by atoms with E-state index in [9.17, 15) is 4.79 Å². The van der Waals surface area contributed by atoms with Crippen molar-refractivity contribution in [2.45, 2.75) is 20.8 Å². The summed E-state index contributed by atoms with van der Waals surface area (Å²) in [5.74, 6) is 0.999. The van der Waals surface area contributed by atoms with Gasteiger partial charge in [0.1, 0.15) is 0 Å². The lowest BCUT2D eigenvalue weighted by atomic mass is 10.1.